The second-order valence-corrected chi connectivity index (χ2v) is 24.1. The molecule has 1 saturated carbocycles. The van der Waals surface area contributed by atoms with Crippen molar-refractivity contribution in [3.8, 4) is 11.8 Å². The molecule has 4 atom stereocenters. The van der Waals surface area contributed by atoms with Gasteiger partial charge in [0.1, 0.15) is 5.78 Å². The topological polar surface area (TPSA) is 61.8 Å². The molecule has 0 heterocycles. The van der Waals surface area contributed by atoms with E-state index in [1.165, 1.54) is 20.0 Å². The Balaban J connectivity index is 3.24. The van der Waals surface area contributed by atoms with Crippen molar-refractivity contribution in [1.29, 1.82) is 0 Å². The van der Waals surface area contributed by atoms with E-state index >= 15 is 0 Å². The molecule has 5 nitrogen and oxygen atoms in total. The van der Waals surface area contributed by atoms with E-state index in [-0.39, 0.29) is 45.9 Å². The maximum Gasteiger partial charge on any atom is 0.305 e. The van der Waals surface area contributed by atoms with Gasteiger partial charge >= 0.3 is 5.97 Å². The quantitative estimate of drug-likeness (QED) is 0.0663. The van der Waals surface area contributed by atoms with Gasteiger partial charge in [-0.05, 0) is 49.1 Å². The van der Waals surface area contributed by atoms with Gasteiger partial charge in [0.05, 0.1) is 19.3 Å². The van der Waals surface area contributed by atoms with Crippen LogP contribution in [0.2, 0.25) is 36.3 Å². The average molecular weight is 593 g/mol. The number of carbonyl (C=O) groups excluding carboxylic acids is 2. The number of Topliss-reactive ketones (excluding diaryl/α,β-unsaturated/α-hetero) is 1. The number of unbranched alkanes of at least 4 members (excludes halogenated alkanes) is 3. The molecule has 0 bridgehead atoms. The van der Waals surface area contributed by atoms with Gasteiger partial charge in [-0.15, -0.1) is 11.8 Å². The van der Waals surface area contributed by atoms with E-state index in [9.17, 15) is 9.59 Å². The molecule has 1 fully saturated rings. The molecule has 0 unspecified atom stereocenters. The maximum absolute atomic E-state index is 13.3. The summed E-state index contributed by atoms with van der Waals surface area (Å²) >= 11 is 0. The Hall–Kier alpha value is -1.21. The lowest BCUT2D eigenvalue weighted by Crippen LogP contribution is -2.45. The summed E-state index contributed by atoms with van der Waals surface area (Å²) in [5.41, 5.74) is 0. The SMILES string of the molecule is CCCCC[C@H](/C=C/[C@@H]1[C@@H](O[Si](C)(C)C(C)(C)C)CC(=O)[C@H]1CC#CCCCC(=O)OC)O[Si](C)(C)C(C)(C)C. The van der Waals surface area contributed by atoms with Gasteiger partial charge in [-0.1, -0.05) is 79.9 Å². The summed E-state index contributed by atoms with van der Waals surface area (Å²) in [6.45, 7) is 25.0. The van der Waals surface area contributed by atoms with Crippen molar-refractivity contribution in [3.05, 3.63) is 12.2 Å². The highest BCUT2D eigenvalue weighted by Gasteiger charge is 2.47. The van der Waals surface area contributed by atoms with Crippen LogP contribution in [-0.2, 0) is 23.2 Å². The van der Waals surface area contributed by atoms with E-state index in [4.69, 9.17) is 13.6 Å². The summed E-state index contributed by atoms with van der Waals surface area (Å²) in [7, 11) is -2.62. The molecule has 0 aromatic rings. The predicted molar refractivity (Wildman–Crippen MR) is 172 cm³/mol. The van der Waals surface area contributed by atoms with Crippen molar-refractivity contribution in [2.75, 3.05) is 7.11 Å². The molecule has 230 valence electrons. The summed E-state index contributed by atoms with van der Waals surface area (Å²) in [4.78, 5) is 24.7. The van der Waals surface area contributed by atoms with E-state index in [1.807, 2.05) is 0 Å². The van der Waals surface area contributed by atoms with Crippen molar-refractivity contribution in [2.24, 2.45) is 11.8 Å². The highest BCUT2D eigenvalue weighted by atomic mass is 28.4. The Morgan fingerprint density at radius 2 is 1.62 bits per heavy atom. The van der Waals surface area contributed by atoms with Gasteiger partial charge in [-0.3, -0.25) is 9.59 Å². The molecule has 0 spiro atoms. The molecule has 7 heteroatoms. The first-order valence-electron chi connectivity index (χ1n) is 15.5. The normalized spacial score (nSPS) is 21.4. The van der Waals surface area contributed by atoms with Gasteiger partial charge in [0, 0.05) is 37.5 Å². The fraction of sp³-hybridized carbons (Fsp3) is 0.818. The lowest BCUT2D eigenvalue weighted by molar-refractivity contribution is -0.140. The number of methoxy groups -OCH3 is 1. The number of carbonyl (C=O) groups is 2. The number of hydrogen-bond acceptors (Lipinski definition) is 5. The molecule has 40 heavy (non-hydrogen) atoms. The minimum atomic E-state index is -2.07. The van der Waals surface area contributed by atoms with E-state index in [1.54, 1.807) is 0 Å². The first-order valence-corrected chi connectivity index (χ1v) is 21.3. The van der Waals surface area contributed by atoms with Crippen LogP contribution in [-0.4, -0.2) is 47.7 Å². The van der Waals surface area contributed by atoms with Crippen LogP contribution in [0.25, 0.3) is 0 Å². The highest BCUT2D eigenvalue weighted by molar-refractivity contribution is 6.74. The van der Waals surface area contributed by atoms with Gasteiger partial charge in [-0.25, -0.2) is 0 Å². The fourth-order valence-electron chi connectivity index (χ4n) is 4.43. The highest BCUT2D eigenvalue weighted by Crippen LogP contribution is 2.43. The van der Waals surface area contributed by atoms with Crippen LogP contribution >= 0.6 is 0 Å². The van der Waals surface area contributed by atoms with Crippen LogP contribution in [0, 0.1) is 23.7 Å². The van der Waals surface area contributed by atoms with Crippen molar-refractivity contribution in [1.82, 2.24) is 0 Å². The number of ether oxygens (including phenoxy) is 1. The van der Waals surface area contributed by atoms with Crippen LogP contribution in [0.3, 0.4) is 0 Å². The van der Waals surface area contributed by atoms with Gasteiger partial charge < -0.3 is 13.6 Å². The molecule has 0 amide bonds. The first-order chi connectivity index (χ1) is 18.4. The molecular formula is C33H60O5Si2. The summed E-state index contributed by atoms with van der Waals surface area (Å²) in [5.74, 6) is 6.28. The number of rotatable bonds is 14. The Kier molecular flexibility index (Phi) is 14.6. The standard InChI is InChI=1S/C33H60O5Si2/c1-13-14-17-20-26(37-39(9,10)32(2,3)4)23-24-28-27(21-18-15-16-19-22-31(35)36-8)29(34)25-30(28)38-40(11,12)33(5,6)7/h23-24,26-28,30H,13-14,16-17,19-22,25H2,1-12H3/b24-23+/t26-,27+,28+,30+/m1/s1. The largest absolute Gasteiger partial charge is 0.469 e. The Morgan fingerprint density at radius 3 is 2.17 bits per heavy atom. The van der Waals surface area contributed by atoms with Gasteiger partial charge in [0.2, 0.25) is 0 Å². The fourth-order valence-corrected chi connectivity index (χ4v) is 7.09. The first kappa shape index (κ1) is 36.8. The number of esters is 1. The minimum absolute atomic E-state index is 0.0114. The lowest BCUT2D eigenvalue weighted by Gasteiger charge is -2.40. The molecule has 1 aliphatic rings. The third-order valence-corrected chi connectivity index (χ3v) is 18.2. The van der Waals surface area contributed by atoms with Crippen molar-refractivity contribution in [2.45, 2.75) is 155 Å². The molecule has 0 aromatic carbocycles. The molecular weight excluding hydrogens is 533 g/mol. The van der Waals surface area contributed by atoms with Crippen molar-refractivity contribution >= 4 is 28.4 Å². The Morgan fingerprint density at radius 1 is 1.00 bits per heavy atom. The lowest BCUT2D eigenvalue weighted by atomic mass is 9.90. The molecule has 0 aromatic heterocycles. The van der Waals surface area contributed by atoms with E-state index in [0.717, 1.165) is 12.8 Å². The van der Waals surface area contributed by atoms with Crippen molar-refractivity contribution in [3.63, 3.8) is 0 Å². The summed E-state index contributed by atoms with van der Waals surface area (Å²) < 4.78 is 18.5. The Labute approximate surface area is 248 Å². The van der Waals surface area contributed by atoms with Gasteiger partial charge in [-0.2, -0.15) is 0 Å². The Bertz CT molecular complexity index is 899. The molecule has 0 saturated heterocycles. The molecule has 0 aliphatic heterocycles. The van der Waals surface area contributed by atoms with Gasteiger partial charge in [0.15, 0.2) is 16.6 Å². The second kappa shape index (κ2) is 15.9. The number of hydrogen-bond donors (Lipinski definition) is 0. The summed E-state index contributed by atoms with van der Waals surface area (Å²) in [6, 6.07) is 0. The zero-order chi connectivity index (χ0) is 30.8. The monoisotopic (exact) mass is 592 g/mol. The minimum Gasteiger partial charge on any atom is -0.469 e. The second-order valence-electron chi connectivity index (χ2n) is 14.6. The maximum atomic E-state index is 13.3. The van der Waals surface area contributed by atoms with Crippen LogP contribution in [0.15, 0.2) is 12.2 Å². The third kappa shape index (κ3) is 11.6. The van der Waals surface area contributed by atoms with Crippen LogP contribution < -0.4 is 0 Å². The van der Waals surface area contributed by atoms with E-state index < -0.39 is 16.6 Å². The average Bonchev–Trinajstić information content (AvgIpc) is 3.10. The van der Waals surface area contributed by atoms with E-state index in [2.05, 4.69) is 98.6 Å². The molecule has 1 rings (SSSR count). The zero-order valence-corrected chi connectivity index (χ0v) is 29.9. The zero-order valence-electron chi connectivity index (χ0n) is 27.9. The molecule has 0 radical (unpaired) electrons. The van der Waals surface area contributed by atoms with Crippen LogP contribution in [0.1, 0.15) is 106 Å². The summed E-state index contributed by atoms with van der Waals surface area (Å²) in [5, 5.41) is 0.198. The van der Waals surface area contributed by atoms with Gasteiger partial charge in [0.25, 0.3) is 0 Å². The predicted octanol–water partition coefficient (Wildman–Crippen LogP) is 8.85. The summed E-state index contributed by atoms with van der Waals surface area (Å²) in [6.07, 6.45) is 11.5. The molecule has 1 aliphatic carbocycles. The van der Waals surface area contributed by atoms with Crippen LogP contribution in [0.4, 0.5) is 0 Å². The third-order valence-electron chi connectivity index (χ3n) is 9.21. The van der Waals surface area contributed by atoms with Crippen LogP contribution in [0.5, 0.6) is 0 Å². The van der Waals surface area contributed by atoms with E-state index in [0.29, 0.717) is 32.1 Å². The smallest absolute Gasteiger partial charge is 0.305 e. The number of ketones is 1. The van der Waals surface area contributed by atoms with Crippen molar-refractivity contribution < 1.29 is 23.2 Å². The molecule has 0 N–H and O–H groups in total.